The second kappa shape index (κ2) is 7.27. The Morgan fingerprint density at radius 1 is 1.08 bits per heavy atom. The van der Waals surface area contributed by atoms with E-state index in [-0.39, 0.29) is 4.90 Å². The highest BCUT2D eigenvalue weighted by atomic mass is 32.2. The molecule has 0 aliphatic carbocycles. The molecule has 24 heavy (non-hydrogen) atoms. The Hall–Kier alpha value is -2.00. The first kappa shape index (κ1) is 16.8. The molecule has 3 rings (SSSR count). The van der Waals surface area contributed by atoms with Crippen LogP contribution in [0.5, 0.6) is 5.75 Å². The number of nitrogens with zero attached hydrogens (tertiary/aromatic N) is 5. The van der Waals surface area contributed by atoms with Crippen molar-refractivity contribution in [2.75, 3.05) is 20.2 Å². The molecule has 1 aromatic heterocycles. The van der Waals surface area contributed by atoms with Crippen LogP contribution >= 0.6 is 0 Å². The van der Waals surface area contributed by atoms with E-state index < -0.39 is 10.0 Å². The maximum absolute atomic E-state index is 12.9. The first-order valence-corrected chi connectivity index (χ1v) is 9.48. The first-order chi connectivity index (χ1) is 11.6. The molecule has 0 radical (unpaired) electrons. The molecule has 0 atom stereocenters. The summed E-state index contributed by atoms with van der Waals surface area (Å²) < 4.78 is 34.2. The van der Waals surface area contributed by atoms with Crippen molar-refractivity contribution in [1.82, 2.24) is 24.5 Å². The number of benzene rings is 1. The highest BCUT2D eigenvalue weighted by molar-refractivity contribution is 7.89. The monoisotopic (exact) mass is 351 g/mol. The molecule has 0 spiro atoms. The van der Waals surface area contributed by atoms with E-state index in [0.717, 1.165) is 25.7 Å². The molecule has 0 N–H and O–H groups in total. The zero-order valence-electron chi connectivity index (χ0n) is 13.6. The topological polar surface area (TPSA) is 90.2 Å². The molecule has 9 heteroatoms. The lowest BCUT2D eigenvalue weighted by Gasteiger charge is -2.24. The Bertz CT molecular complexity index is 768. The van der Waals surface area contributed by atoms with Crippen molar-refractivity contribution in [1.29, 1.82) is 0 Å². The lowest BCUT2D eigenvalue weighted by molar-refractivity contribution is 0.363. The van der Waals surface area contributed by atoms with Crippen molar-refractivity contribution in [3.63, 3.8) is 0 Å². The molecular formula is C15H21N5O3S. The summed E-state index contributed by atoms with van der Waals surface area (Å²) in [6.45, 7) is 1.14. The van der Waals surface area contributed by atoms with Crippen molar-refractivity contribution in [3.8, 4) is 11.4 Å². The highest BCUT2D eigenvalue weighted by Gasteiger charge is 2.26. The van der Waals surface area contributed by atoms with Gasteiger partial charge in [0.1, 0.15) is 17.8 Å². The number of rotatable bonds is 4. The number of aromatic nitrogens is 4. The van der Waals surface area contributed by atoms with Crippen LogP contribution in [0.1, 0.15) is 32.1 Å². The predicted molar refractivity (Wildman–Crippen MR) is 87.5 cm³/mol. The van der Waals surface area contributed by atoms with Crippen LogP contribution in [-0.2, 0) is 10.0 Å². The molecule has 130 valence electrons. The van der Waals surface area contributed by atoms with Gasteiger partial charge in [-0.25, -0.2) is 8.42 Å². The molecule has 0 amide bonds. The minimum Gasteiger partial charge on any atom is -0.494 e. The quantitative estimate of drug-likeness (QED) is 0.831. The predicted octanol–water partition coefficient (Wildman–Crippen LogP) is 1.63. The Labute approximate surface area is 141 Å². The summed E-state index contributed by atoms with van der Waals surface area (Å²) >= 11 is 0. The third-order valence-corrected chi connectivity index (χ3v) is 6.09. The highest BCUT2D eigenvalue weighted by Crippen LogP contribution is 2.28. The molecule has 1 fully saturated rings. The van der Waals surface area contributed by atoms with Gasteiger partial charge in [-0.15, -0.1) is 5.10 Å². The number of sulfonamides is 1. The van der Waals surface area contributed by atoms with Gasteiger partial charge in [-0.1, -0.05) is 19.3 Å². The number of hydrogen-bond donors (Lipinski definition) is 0. The maximum atomic E-state index is 12.9. The average molecular weight is 351 g/mol. The van der Waals surface area contributed by atoms with Crippen LogP contribution in [0.3, 0.4) is 0 Å². The maximum Gasteiger partial charge on any atom is 0.243 e. The summed E-state index contributed by atoms with van der Waals surface area (Å²) in [6.07, 6.45) is 6.58. The van der Waals surface area contributed by atoms with Gasteiger partial charge in [-0.05, 0) is 35.4 Å². The zero-order chi connectivity index (χ0) is 17.0. The van der Waals surface area contributed by atoms with Gasteiger partial charge in [0, 0.05) is 19.2 Å². The first-order valence-electron chi connectivity index (χ1n) is 8.04. The van der Waals surface area contributed by atoms with Gasteiger partial charge in [-0.2, -0.15) is 8.99 Å². The van der Waals surface area contributed by atoms with Crippen LogP contribution in [0, 0.1) is 0 Å². The van der Waals surface area contributed by atoms with Crippen molar-refractivity contribution >= 4 is 10.0 Å². The third-order valence-electron chi connectivity index (χ3n) is 4.20. The number of hydrogen-bond acceptors (Lipinski definition) is 6. The molecule has 1 aromatic carbocycles. The summed E-state index contributed by atoms with van der Waals surface area (Å²) in [4.78, 5) is 0.233. The smallest absolute Gasteiger partial charge is 0.243 e. The van der Waals surface area contributed by atoms with E-state index >= 15 is 0 Å². The van der Waals surface area contributed by atoms with E-state index in [0.29, 0.717) is 24.5 Å². The molecule has 1 aliphatic heterocycles. The minimum atomic E-state index is -3.53. The fourth-order valence-electron chi connectivity index (χ4n) is 2.89. The molecule has 2 heterocycles. The van der Waals surface area contributed by atoms with Crippen LogP contribution in [-0.4, -0.2) is 53.1 Å². The third kappa shape index (κ3) is 3.41. The van der Waals surface area contributed by atoms with E-state index in [9.17, 15) is 8.42 Å². The van der Waals surface area contributed by atoms with Gasteiger partial charge in [0.05, 0.1) is 12.0 Å². The Kier molecular flexibility index (Phi) is 5.10. The molecule has 0 bridgehead atoms. The Balaban J connectivity index is 1.93. The summed E-state index contributed by atoms with van der Waals surface area (Å²) in [6, 6.07) is 4.77. The van der Waals surface area contributed by atoms with Gasteiger partial charge in [0.2, 0.25) is 10.0 Å². The lowest BCUT2D eigenvalue weighted by atomic mass is 10.1. The van der Waals surface area contributed by atoms with Gasteiger partial charge in [0.15, 0.2) is 0 Å². The fraction of sp³-hybridized carbons (Fsp3) is 0.533. The van der Waals surface area contributed by atoms with Crippen molar-refractivity contribution in [2.45, 2.75) is 37.0 Å². The molecule has 1 aliphatic rings. The molecule has 0 unspecified atom stereocenters. The molecule has 8 nitrogen and oxygen atoms in total. The van der Waals surface area contributed by atoms with Crippen LogP contribution in [0.2, 0.25) is 0 Å². The largest absolute Gasteiger partial charge is 0.494 e. The van der Waals surface area contributed by atoms with Crippen LogP contribution < -0.4 is 4.74 Å². The normalized spacial score (nSPS) is 17.2. The Morgan fingerprint density at radius 2 is 1.79 bits per heavy atom. The number of ether oxygens (including phenoxy) is 1. The zero-order valence-corrected chi connectivity index (χ0v) is 14.4. The summed E-state index contributed by atoms with van der Waals surface area (Å²) in [5, 5.41) is 11.0. The van der Waals surface area contributed by atoms with Gasteiger partial charge >= 0.3 is 0 Å². The molecule has 2 aromatic rings. The van der Waals surface area contributed by atoms with E-state index in [1.807, 2.05) is 0 Å². The van der Waals surface area contributed by atoms with E-state index in [2.05, 4.69) is 15.5 Å². The van der Waals surface area contributed by atoms with Crippen molar-refractivity contribution < 1.29 is 13.2 Å². The number of methoxy groups -OCH3 is 1. The second-order valence-corrected chi connectivity index (χ2v) is 7.70. The van der Waals surface area contributed by atoms with Crippen LogP contribution in [0.15, 0.2) is 29.4 Å². The Morgan fingerprint density at radius 3 is 2.42 bits per heavy atom. The summed E-state index contributed by atoms with van der Waals surface area (Å²) in [7, 11) is -2.03. The molecule has 0 saturated carbocycles. The van der Waals surface area contributed by atoms with Crippen molar-refractivity contribution in [3.05, 3.63) is 24.5 Å². The molecular weight excluding hydrogens is 330 g/mol. The van der Waals surface area contributed by atoms with Crippen molar-refractivity contribution in [2.24, 2.45) is 0 Å². The van der Waals surface area contributed by atoms with Crippen LogP contribution in [0.4, 0.5) is 0 Å². The van der Waals surface area contributed by atoms with Gasteiger partial charge in [0.25, 0.3) is 0 Å². The second-order valence-electron chi connectivity index (χ2n) is 5.76. The molecule has 1 saturated heterocycles. The minimum absolute atomic E-state index is 0.233. The van der Waals surface area contributed by atoms with E-state index in [1.54, 1.807) is 16.4 Å². The average Bonchev–Trinajstić information content (AvgIpc) is 3.07. The SMILES string of the molecule is COc1cc(S(=O)(=O)N2CCCCCCC2)ccc1-n1cnnn1. The van der Waals surface area contributed by atoms with Crippen LogP contribution in [0.25, 0.3) is 5.69 Å². The van der Waals surface area contributed by atoms with Gasteiger partial charge < -0.3 is 4.74 Å². The summed E-state index contributed by atoms with van der Waals surface area (Å²) in [5.41, 5.74) is 0.592. The van der Waals surface area contributed by atoms with E-state index in [4.69, 9.17) is 4.74 Å². The van der Waals surface area contributed by atoms with Gasteiger partial charge in [-0.3, -0.25) is 0 Å². The van der Waals surface area contributed by atoms with E-state index in [1.165, 1.54) is 30.6 Å². The lowest BCUT2D eigenvalue weighted by Crippen LogP contribution is -2.33. The fourth-order valence-corrected chi connectivity index (χ4v) is 4.42. The number of tetrazole rings is 1. The standard InChI is InChI=1S/C15H21N5O3S/c1-23-15-11-13(7-8-14(15)20-12-16-17-18-20)24(21,22)19-9-5-3-2-4-6-10-19/h7-8,11-12H,2-6,9-10H2,1H3. The summed E-state index contributed by atoms with van der Waals surface area (Å²) in [5.74, 6) is 0.412.